The smallest absolute Gasteiger partial charge is 0.264 e. The van der Waals surface area contributed by atoms with Crippen LogP contribution in [0, 0.1) is 11.8 Å². The first-order valence-electron chi connectivity index (χ1n) is 8.47. The Bertz CT molecular complexity index is 327. The molecule has 0 fully saturated rings. The van der Waals surface area contributed by atoms with Gasteiger partial charge in [-0.05, 0) is 18.3 Å². The predicted octanol–water partition coefficient (Wildman–Crippen LogP) is 5.00. The van der Waals surface area contributed by atoms with Crippen molar-refractivity contribution in [2.75, 3.05) is 6.61 Å². The van der Waals surface area contributed by atoms with Crippen LogP contribution in [-0.4, -0.2) is 19.6 Å². The van der Waals surface area contributed by atoms with Crippen LogP contribution >= 0.6 is 0 Å². The molecular weight excluding hydrogens is 288 g/mol. The first kappa shape index (κ1) is 20.9. The quantitative estimate of drug-likeness (QED) is 0.361. The zero-order valence-corrected chi connectivity index (χ0v) is 14.8. The van der Waals surface area contributed by atoms with Crippen molar-refractivity contribution in [1.82, 2.24) is 0 Å². The van der Waals surface area contributed by atoms with Gasteiger partial charge in [0.25, 0.3) is 0 Å². The summed E-state index contributed by atoms with van der Waals surface area (Å²) in [4.78, 5) is 0. The molecule has 0 aromatic heterocycles. The van der Waals surface area contributed by atoms with Gasteiger partial charge in [-0.1, -0.05) is 78.6 Å². The first-order valence-corrected chi connectivity index (χ1v) is 9.83. The van der Waals surface area contributed by atoms with Crippen molar-refractivity contribution < 1.29 is 17.2 Å². The Morgan fingerprint density at radius 1 is 0.857 bits per heavy atom. The molecule has 0 spiro atoms. The maximum Gasteiger partial charge on any atom is 0.397 e. The van der Waals surface area contributed by atoms with Crippen molar-refractivity contribution in [3.05, 3.63) is 0 Å². The van der Waals surface area contributed by atoms with Crippen molar-refractivity contribution in [3.63, 3.8) is 0 Å². The maximum absolute atomic E-state index is 10.5. The van der Waals surface area contributed by atoms with Crippen LogP contribution < -0.4 is 0 Å². The fourth-order valence-corrected chi connectivity index (χ4v) is 2.85. The fraction of sp³-hybridized carbons (Fsp3) is 1.00. The Hall–Kier alpha value is -0.130. The van der Waals surface area contributed by atoms with Crippen LogP contribution in [0.2, 0.25) is 0 Å². The summed E-state index contributed by atoms with van der Waals surface area (Å²) in [6.07, 6.45) is 12.7. The first-order chi connectivity index (χ1) is 9.85. The minimum atomic E-state index is -4.29. The van der Waals surface area contributed by atoms with E-state index < -0.39 is 10.4 Å². The molecule has 0 aliphatic carbocycles. The molecule has 0 aliphatic heterocycles. The van der Waals surface area contributed by atoms with Crippen molar-refractivity contribution in [2.45, 2.75) is 85.0 Å². The van der Waals surface area contributed by atoms with Crippen LogP contribution in [0.1, 0.15) is 85.0 Å². The molecule has 0 bridgehead atoms. The van der Waals surface area contributed by atoms with Crippen LogP contribution in [0.5, 0.6) is 0 Å². The largest absolute Gasteiger partial charge is 0.397 e. The fourth-order valence-electron chi connectivity index (χ4n) is 2.45. The molecule has 1 N–H and O–H groups in total. The van der Waals surface area contributed by atoms with Crippen molar-refractivity contribution in [1.29, 1.82) is 0 Å². The summed E-state index contributed by atoms with van der Waals surface area (Å²) in [7, 11) is -4.29. The molecule has 2 unspecified atom stereocenters. The van der Waals surface area contributed by atoms with Gasteiger partial charge in [0.05, 0.1) is 6.61 Å². The van der Waals surface area contributed by atoms with E-state index in [1.165, 1.54) is 51.4 Å². The Labute approximate surface area is 131 Å². The topological polar surface area (TPSA) is 63.6 Å². The van der Waals surface area contributed by atoms with Crippen molar-refractivity contribution in [2.24, 2.45) is 11.8 Å². The summed E-state index contributed by atoms with van der Waals surface area (Å²) >= 11 is 0. The van der Waals surface area contributed by atoms with E-state index in [0.29, 0.717) is 5.92 Å². The van der Waals surface area contributed by atoms with Crippen molar-refractivity contribution >= 4 is 10.4 Å². The second kappa shape index (κ2) is 12.4. The van der Waals surface area contributed by atoms with Gasteiger partial charge in [-0.2, -0.15) is 8.42 Å². The molecular formula is C16H34O4S. The van der Waals surface area contributed by atoms with E-state index >= 15 is 0 Å². The van der Waals surface area contributed by atoms with Gasteiger partial charge in [0, 0.05) is 0 Å². The van der Waals surface area contributed by atoms with Gasteiger partial charge in [-0.3, -0.25) is 4.55 Å². The average molecular weight is 323 g/mol. The maximum atomic E-state index is 10.5. The Morgan fingerprint density at radius 2 is 1.38 bits per heavy atom. The van der Waals surface area contributed by atoms with Crippen molar-refractivity contribution in [3.8, 4) is 0 Å². The summed E-state index contributed by atoms with van der Waals surface area (Å²) in [5.41, 5.74) is 0. The van der Waals surface area contributed by atoms with Crippen LogP contribution in [0.3, 0.4) is 0 Å². The van der Waals surface area contributed by atoms with Crippen LogP contribution in [0.15, 0.2) is 0 Å². The van der Waals surface area contributed by atoms with Gasteiger partial charge in [-0.25, -0.2) is 4.18 Å². The normalized spacial score (nSPS) is 15.0. The molecule has 0 aliphatic rings. The monoisotopic (exact) mass is 322 g/mol. The van der Waals surface area contributed by atoms with E-state index in [2.05, 4.69) is 18.0 Å². The number of rotatable bonds is 14. The molecule has 128 valence electrons. The molecule has 0 heterocycles. The number of hydrogen-bond donors (Lipinski definition) is 1. The van der Waals surface area contributed by atoms with E-state index in [1.54, 1.807) is 0 Å². The second-order valence-corrected chi connectivity index (χ2v) is 7.50. The Morgan fingerprint density at radius 3 is 1.95 bits per heavy atom. The third-order valence-electron chi connectivity index (χ3n) is 3.95. The van der Waals surface area contributed by atoms with E-state index in [-0.39, 0.29) is 12.5 Å². The Balaban J connectivity index is 3.47. The van der Waals surface area contributed by atoms with Gasteiger partial charge in [0.15, 0.2) is 0 Å². The highest BCUT2D eigenvalue weighted by Gasteiger charge is 2.11. The summed E-state index contributed by atoms with van der Waals surface area (Å²) in [6.45, 7) is 6.52. The lowest BCUT2D eigenvalue weighted by Crippen LogP contribution is -2.12. The molecule has 0 aromatic carbocycles. The molecule has 0 saturated heterocycles. The van der Waals surface area contributed by atoms with Crippen LogP contribution in [-0.2, 0) is 14.6 Å². The van der Waals surface area contributed by atoms with E-state index in [1.807, 2.05) is 6.92 Å². The average Bonchev–Trinajstić information content (AvgIpc) is 2.41. The number of hydrogen-bond acceptors (Lipinski definition) is 3. The molecule has 4 nitrogen and oxygen atoms in total. The van der Waals surface area contributed by atoms with Crippen LogP contribution in [0.4, 0.5) is 0 Å². The third kappa shape index (κ3) is 16.1. The zero-order chi connectivity index (χ0) is 16.1. The SMILES string of the molecule is CCCCCCCCCC(C)CCC(C)COS(=O)(=O)O. The van der Waals surface area contributed by atoms with E-state index in [0.717, 1.165) is 12.8 Å². The standard InChI is InChI=1S/C16H34O4S/c1-4-5-6-7-8-9-10-11-15(2)12-13-16(3)14-20-21(17,18)19/h15-16H,4-14H2,1-3H3,(H,17,18,19). The van der Waals surface area contributed by atoms with E-state index in [4.69, 9.17) is 4.55 Å². The van der Waals surface area contributed by atoms with Gasteiger partial charge in [-0.15, -0.1) is 0 Å². The highest BCUT2D eigenvalue weighted by Crippen LogP contribution is 2.19. The van der Waals surface area contributed by atoms with Crippen LogP contribution in [0.25, 0.3) is 0 Å². The molecule has 0 radical (unpaired) electrons. The summed E-state index contributed by atoms with van der Waals surface area (Å²) in [5, 5.41) is 0. The summed E-state index contributed by atoms with van der Waals surface area (Å²) < 4.78 is 33.9. The lowest BCUT2D eigenvalue weighted by Gasteiger charge is -2.15. The lowest BCUT2D eigenvalue weighted by molar-refractivity contribution is 0.218. The molecule has 0 saturated carbocycles. The molecule has 0 amide bonds. The minimum Gasteiger partial charge on any atom is -0.264 e. The lowest BCUT2D eigenvalue weighted by atomic mass is 9.94. The molecule has 5 heteroatoms. The highest BCUT2D eigenvalue weighted by atomic mass is 32.3. The molecule has 0 aromatic rings. The molecule has 21 heavy (non-hydrogen) atoms. The van der Waals surface area contributed by atoms with Gasteiger partial charge in [0.1, 0.15) is 0 Å². The number of unbranched alkanes of at least 4 members (excludes halogenated alkanes) is 6. The summed E-state index contributed by atoms with van der Waals surface area (Å²) in [5.74, 6) is 0.831. The predicted molar refractivity (Wildman–Crippen MR) is 87.7 cm³/mol. The Kier molecular flexibility index (Phi) is 12.3. The molecule has 2 atom stereocenters. The van der Waals surface area contributed by atoms with Gasteiger partial charge < -0.3 is 0 Å². The van der Waals surface area contributed by atoms with Gasteiger partial charge >= 0.3 is 10.4 Å². The van der Waals surface area contributed by atoms with Gasteiger partial charge in [0.2, 0.25) is 0 Å². The third-order valence-corrected chi connectivity index (χ3v) is 4.39. The van der Waals surface area contributed by atoms with E-state index in [9.17, 15) is 8.42 Å². The minimum absolute atomic E-state index is 0.0724. The summed E-state index contributed by atoms with van der Waals surface area (Å²) in [6, 6.07) is 0. The second-order valence-electron chi connectivity index (χ2n) is 6.41. The zero-order valence-electron chi connectivity index (χ0n) is 14.0. The highest BCUT2D eigenvalue weighted by molar-refractivity contribution is 7.80. The molecule has 0 rings (SSSR count).